The van der Waals surface area contributed by atoms with Crippen LogP contribution >= 0.6 is 0 Å². The Morgan fingerprint density at radius 3 is 2.75 bits per heavy atom. The molecule has 0 saturated carbocycles. The lowest BCUT2D eigenvalue weighted by Crippen LogP contribution is -2.28. The molecule has 0 aliphatic heterocycles. The number of carboxylic acids is 1. The molecule has 0 aliphatic carbocycles. The van der Waals surface area contributed by atoms with E-state index in [1.54, 1.807) is 13.8 Å². The van der Waals surface area contributed by atoms with Crippen molar-refractivity contribution in [2.24, 2.45) is 0 Å². The molecule has 5 heteroatoms. The van der Waals surface area contributed by atoms with Crippen LogP contribution in [0.25, 0.3) is 0 Å². The first kappa shape index (κ1) is 12.4. The summed E-state index contributed by atoms with van der Waals surface area (Å²) >= 11 is 0. The summed E-state index contributed by atoms with van der Waals surface area (Å²) in [5.74, 6) is -2.54. The SMILES string of the molecule is CCC(C)(C)Oc1nccc(C(=O)O)c1F. The van der Waals surface area contributed by atoms with Gasteiger partial charge in [-0.25, -0.2) is 14.2 Å². The number of rotatable bonds is 4. The number of carboxylic acid groups (broad SMARTS) is 1. The molecular weight excluding hydrogens is 213 g/mol. The second-order valence-corrected chi connectivity index (χ2v) is 4.00. The van der Waals surface area contributed by atoms with Crippen molar-refractivity contribution < 1.29 is 19.0 Å². The van der Waals surface area contributed by atoms with E-state index in [-0.39, 0.29) is 5.88 Å². The van der Waals surface area contributed by atoms with Crippen LogP contribution in [0, 0.1) is 5.82 Å². The van der Waals surface area contributed by atoms with Crippen LogP contribution in [0.2, 0.25) is 0 Å². The minimum absolute atomic E-state index is 0.272. The number of pyridine rings is 1. The van der Waals surface area contributed by atoms with Gasteiger partial charge in [0.1, 0.15) is 11.2 Å². The smallest absolute Gasteiger partial charge is 0.338 e. The Morgan fingerprint density at radius 1 is 1.62 bits per heavy atom. The quantitative estimate of drug-likeness (QED) is 0.858. The van der Waals surface area contributed by atoms with Crippen LogP contribution in [-0.2, 0) is 0 Å². The zero-order chi connectivity index (χ0) is 12.3. The average molecular weight is 227 g/mol. The molecule has 0 aromatic carbocycles. The predicted octanol–water partition coefficient (Wildman–Crippen LogP) is 2.49. The van der Waals surface area contributed by atoms with Gasteiger partial charge in [0.05, 0.1) is 0 Å². The standard InChI is InChI=1S/C11H14FNO3/c1-4-11(2,3)16-9-8(12)7(10(14)15)5-6-13-9/h5-6H,4H2,1-3H3,(H,14,15). The summed E-state index contributed by atoms with van der Waals surface area (Å²) in [5.41, 5.74) is -1.01. The van der Waals surface area contributed by atoms with Crippen molar-refractivity contribution in [3.05, 3.63) is 23.6 Å². The van der Waals surface area contributed by atoms with Crippen LogP contribution in [0.4, 0.5) is 4.39 Å². The van der Waals surface area contributed by atoms with Crippen molar-refractivity contribution in [3.8, 4) is 5.88 Å². The number of nitrogens with zero attached hydrogens (tertiary/aromatic N) is 1. The van der Waals surface area contributed by atoms with E-state index in [4.69, 9.17) is 9.84 Å². The maximum Gasteiger partial charge on any atom is 0.338 e. The maximum absolute atomic E-state index is 13.6. The van der Waals surface area contributed by atoms with E-state index in [2.05, 4.69) is 4.98 Å². The van der Waals surface area contributed by atoms with Gasteiger partial charge in [0.25, 0.3) is 5.88 Å². The summed E-state index contributed by atoms with van der Waals surface area (Å²) in [4.78, 5) is 14.4. The number of aromatic nitrogens is 1. The molecular formula is C11H14FNO3. The summed E-state index contributed by atoms with van der Waals surface area (Å²) in [6, 6.07) is 1.10. The molecule has 0 fully saturated rings. The highest BCUT2D eigenvalue weighted by Crippen LogP contribution is 2.23. The molecule has 0 amide bonds. The minimum atomic E-state index is -1.33. The molecule has 0 unspecified atom stereocenters. The molecule has 1 N–H and O–H groups in total. The number of hydrogen-bond donors (Lipinski definition) is 1. The van der Waals surface area contributed by atoms with Crippen molar-refractivity contribution in [2.75, 3.05) is 0 Å². The first-order valence-corrected chi connectivity index (χ1v) is 4.94. The van der Waals surface area contributed by atoms with Gasteiger partial charge in [-0.15, -0.1) is 0 Å². The first-order chi connectivity index (χ1) is 7.37. The highest BCUT2D eigenvalue weighted by molar-refractivity contribution is 5.88. The third kappa shape index (κ3) is 2.68. The Labute approximate surface area is 93.1 Å². The summed E-state index contributed by atoms with van der Waals surface area (Å²) in [5, 5.41) is 8.72. The van der Waals surface area contributed by atoms with Gasteiger partial charge in [-0.3, -0.25) is 0 Å². The van der Waals surface area contributed by atoms with Gasteiger partial charge in [0.15, 0.2) is 5.82 Å². The predicted molar refractivity (Wildman–Crippen MR) is 56.2 cm³/mol. The van der Waals surface area contributed by atoms with E-state index in [9.17, 15) is 9.18 Å². The highest BCUT2D eigenvalue weighted by Gasteiger charge is 2.23. The molecule has 16 heavy (non-hydrogen) atoms. The fourth-order valence-corrected chi connectivity index (χ4v) is 0.995. The molecule has 1 aromatic heterocycles. The Kier molecular flexibility index (Phi) is 3.47. The normalized spacial score (nSPS) is 11.2. The largest absolute Gasteiger partial charge is 0.478 e. The van der Waals surface area contributed by atoms with Crippen molar-refractivity contribution in [2.45, 2.75) is 32.8 Å². The molecule has 1 heterocycles. The van der Waals surface area contributed by atoms with E-state index in [1.165, 1.54) is 6.20 Å². The lowest BCUT2D eigenvalue weighted by atomic mass is 10.1. The van der Waals surface area contributed by atoms with Crippen LogP contribution in [-0.4, -0.2) is 21.7 Å². The van der Waals surface area contributed by atoms with Crippen LogP contribution in [0.3, 0.4) is 0 Å². The van der Waals surface area contributed by atoms with Crippen molar-refractivity contribution in [1.29, 1.82) is 0 Å². The molecule has 4 nitrogen and oxygen atoms in total. The van der Waals surface area contributed by atoms with Crippen LogP contribution < -0.4 is 4.74 Å². The lowest BCUT2D eigenvalue weighted by Gasteiger charge is -2.24. The molecule has 88 valence electrons. The van der Waals surface area contributed by atoms with E-state index < -0.39 is 23.0 Å². The van der Waals surface area contributed by atoms with Gasteiger partial charge >= 0.3 is 5.97 Å². The fourth-order valence-electron chi connectivity index (χ4n) is 0.995. The molecule has 1 aromatic rings. The molecule has 0 radical (unpaired) electrons. The lowest BCUT2D eigenvalue weighted by molar-refractivity contribution is 0.0679. The highest BCUT2D eigenvalue weighted by atomic mass is 19.1. The van der Waals surface area contributed by atoms with Gasteiger partial charge in [-0.1, -0.05) is 6.92 Å². The fraction of sp³-hybridized carbons (Fsp3) is 0.455. The van der Waals surface area contributed by atoms with Crippen molar-refractivity contribution in [1.82, 2.24) is 4.98 Å². The summed E-state index contributed by atoms with van der Waals surface area (Å²) < 4.78 is 18.9. The third-order valence-electron chi connectivity index (χ3n) is 2.31. The van der Waals surface area contributed by atoms with E-state index >= 15 is 0 Å². The topological polar surface area (TPSA) is 59.4 Å². The van der Waals surface area contributed by atoms with E-state index in [0.29, 0.717) is 6.42 Å². The Bertz CT molecular complexity index is 404. The Balaban J connectivity index is 3.07. The average Bonchev–Trinajstić information content (AvgIpc) is 2.20. The zero-order valence-electron chi connectivity index (χ0n) is 9.45. The summed E-state index contributed by atoms with van der Waals surface area (Å²) in [6.07, 6.45) is 1.87. The minimum Gasteiger partial charge on any atom is -0.478 e. The van der Waals surface area contributed by atoms with Crippen molar-refractivity contribution >= 4 is 5.97 Å². The first-order valence-electron chi connectivity index (χ1n) is 4.94. The molecule has 0 spiro atoms. The van der Waals surface area contributed by atoms with Gasteiger partial charge in [0, 0.05) is 6.20 Å². The van der Waals surface area contributed by atoms with Gasteiger partial charge in [-0.05, 0) is 26.3 Å². The molecule has 1 rings (SSSR count). The van der Waals surface area contributed by atoms with Crippen LogP contribution in [0.5, 0.6) is 5.88 Å². The van der Waals surface area contributed by atoms with Gasteiger partial charge in [-0.2, -0.15) is 0 Å². The molecule has 0 bridgehead atoms. The number of ether oxygens (including phenoxy) is 1. The van der Waals surface area contributed by atoms with Gasteiger partial charge in [0.2, 0.25) is 0 Å². The van der Waals surface area contributed by atoms with Crippen LogP contribution in [0.1, 0.15) is 37.6 Å². The Morgan fingerprint density at radius 2 is 2.25 bits per heavy atom. The third-order valence-corrected chi connectivity index (χ3v) is 2.31. The molecule has 0 atom stereocenters. The monoisotopic (exact) mass is 227 g/mol. The van der Waals surface area contributed by atoms with Crippen molar-refractivity contribution in [3.63, 3.8) is 0 Å². The van der Waals surface area contributed by atoms with Crippen LogP contribution in [0.15, 0.2) is 12.3 Å². The summed E-state index contributed by atoms with van der Waals surface area (Å²) in [7, 11) is 0. The number of aromatic carboxylic acids is 1. The van der Waals surface area contributed by atoms with E-state index in [1.807, 2.05) is 6.92 Å². The maximum atomic E-state index is 13.6. The number of carbonyl (C=O) groups is 1. The second kappa shape index (κ2) is 4.47. The second-order valence-electron chi connectivity index (χ2n) is 4.00. The molecule has 0 saturated heterocycles. The van der Waals surface area contributed by atoms with E-state index in [0.717, 1.165) is 6.07 Å². The molecule has 0 aliphatic rings. The zero-order valence-corrected chi connectivity index (χ0v) is 9.45. The summed E-state index contributed by atoms with van der Waals surface area (Å²) in [6.45, 7) is 5.45. The Hall–Kier alpha value is -1.65. The van der Waals surface area contributed by atoms with Gasteiger partial charge < -0.3 is 9.84 Å². The number of halogens is 1. The number of hydrogen-bond acceptors (Lipinski definition) is 3.